The fourth-order valence-corrected chi connectivity index (χ4v) is 6.21. The van der Waals surface area contributed by atoms with Crippen LogP contribution in [0.5, 0.6) is 0 Å². The molecule has 0 spiro atoms. The van der Waals surface area contributed by atoms with Gasteiger partial charge in [-0.1, -0.05) is 41.5 Å². The predicted molar refractivity (Wildman–Crippen MR) is 101 cm³/mol. The Hall–Kier alpha value is -0.0951. The molecule has 0 amide bonds. The van der Waals surface area contributed by atoms with Crippen molar-refractivity contribution in [2.45, 2.75) is 91.3 Å². The molecule has 6 aliphatic carbocycles. The fourth-order valence-electron chi connectivity index (χ4n) is 6.21. The van der Waals surface area contributed by atoms with Gasteiger partial charge in [-0.15, -0.1) is 0 Å². The molecule has 0 saturated heterocycles. The summed E-state index contributed by atoms with van der Waals surface area (Å²) in [5, 5.41) is 34.5. The molecule has 6 saturated carbocycles. The first-order valence-corrected chi connectivity index (χ1v) is 9.93. The minimum absolute atomic E-state index is 0. The Morgan fingerprint density at radius 2 is 0.960 bits per heavy atom. The van der Waals surface area contributed by atoms with Gasteiger partial charge in [0, 0.05) is 0 Å². The molecular weight excluding hydrogens is 315 g/mol. The van der Waals surface area contributed by atoms with E-state index in [0.29, 0.717) is 11.8 Å². The maximum absolute atomic E-state index is 10.2. The summed E-state index contributed by atoms with van der Waals surface area (Å²) in [6, 6.07) is 0. The normalized spacial score (nSPS) is 47.6. The zero-order valence-electron chi connectivity index (χ0n) is 16.9. The molecule has 0 heterocycles. The van der Waals surface area contributed by atoms with E-state index in [2.05, 4.69) is 41.5 Å². The highest BCUT2D eigenvalue weighted by Crippen LogP contribution is 2.64. The lowest BCUT2D eigenvalue weighted by Crippen LogP contribution is -2.66. The number of rotatable bonds is 0. The number of fused-ring (bicyclic) bond motifs is 4. The van der Waals surface area contributed by atoms with Gasteiger partial charge in [0.05, 0.1) is 11.2 Å². The molecule has 0 aromatic rings. The summed E-state index contributed by atoms with van der Waals surface area (Å²) < 4.78 is 0. The zero-order chi connectivity index (χ0) is 19.3. The van der Waals surface area contributed by atoms with E-state index >= 15 is 0 Å². The third kappa shape index (κ3) is 2.99. The maximum atomic E-state index is 10.2. The molecule has 0 aromatic carbocycles. The fraction of sp³-hybridized carbons (Fsp3) is 1.00. The Morgan fingerprint density at radius 3 is 1.12 bits per heavy atom. The highest BCUT2D eigenvalue weighted by atomic mass is 16.4. The molecular formula is C20H38BO4. The van der Waals surface area contributed by atoms with Gasteiger partial charge in [0.25, 0.3) is 0 Å². The molecule has 4 bridgehead atoms. The van der Waals surface area contributed by atoms with Crippen LogP contribution in [0.3, 0.4) is 0 Å². The number of hydrogen-bond acceptors (Lipinski definition) is 4. The van der Waals surface area contributed by atoms with E-state index in [1.54, 1.807) is 0 Å². The van der Waals surface area contributed by atoms with Crippen molar-refractivity contribution >= 4 is 7.69 Å². The third-order valence-electron chi connectivity index (χ3n) is 8.91. The lowest BCUT2D eigenvalue weighted by atomic mass is 9.43. The molecule has 6 atom stereocenters. The lowest BCUT2D eigenvalue weighted by Gasteiger charge is -2.65. The third-order valence-corrected chi connectivity index (χ3v) is 8.91. The largest absolute Gasteiger partial charge is 0.482 e. The molecule has 5 heteroatoms. The van der Waals surface area contributed by atoms with E-state index in [4.69, 9.17) is 10.0 Å². The van der Waals surface area contributed by atoms with Gasteiger partial charge < -0.3 is 20.3 Å². The molecule has 145 valence electrons. The van der Waals surface area contributed by atoms with E-state index < -0.39 is 0 Å². The molecule has 0 aliphatic heterocycles. The Bertz CT molecular complexity index is 438. The summed E-state index contributed by atoms with van der Waals surface area (Å²) in [7, 11) is 0. The summed E-state index contributed by atoms with van der Waals surface area (Å²) >= 11 is 0. The van der Waals surface area contributed by atoms with Crippen LogP contribution in [0.25, 0.3) is 0 Å². The average molecular weight is 353 g/mol. The summed E-state index contributed by atoms with van der Waals surface area (Å²) in [5.41, 5.74) is -0.249. The standard InChI is InChI=1S/2C10H18O.BH2O2/c2*1-7-4-5-8-6-10(7,11)9(8,2)3;2-1-3/h2*7-8,11H,4-6H2,1-3H3;2-3H. The molecule has 1 radical (unpaired) electrons. The first-order chi connectivity index (χ1) is 11.4. The van der Waals surface area contributed by atoms with E-state index in [1.165, 1.54) is 25.7 Å². The Labute approximate surface area is 154 Å². The van der Waals surface area contributed by atoms with Gasteiger partial charge in [-0.25, -0.2) is 0 Å². The zero-order valence-corrected chi connectivity index (χ0v) is 16.9. The van der Waals surface area contributed by atoms with E-state index in [9.17, 15) is 10.2 Å². The molecule has 6 unspecified atom stereocenters. The second-order valence-corrected chi connectivity index (χ2v) is 10.2. The van der Waals surface area contributed by atoms with E-state index in [0.717, 1.165) is 24.7 Å². The topological polar surface area (TPSA) is 80.9 Å². The Morgan fingerprint density at radius 1 is 0.680 bits per heavy atom. The quantitative estimate of drug-likeness (QED) is 0.505. The van der Waals surface area contributed by atoms with Crippen molar-refractivity contribution in [1.82, 2.24) is 0 Å². The lowest BCUT2D eigenvalue weighted by molar-refractivity contribution is -0.251. The average Bonchev–Trinajstić information content (AvgIpc) is 2.53. The van der Waals surface area contributed by atoms with Gasteiger partial charge in [0.1, 0.15) is 0 Å². The predicted octanol–water partition coefficient (Wildman–Crippen LogP) is 2.89. The van der Waals surface area contributed by atoms with Crippen molar-refractivity contribution in [2.24, 2.45) is 34.5 Å². The van der Waals surface area contributed by atoms with Gasteiger partial charge in [-0.2, -0.15) is 0 Å². The summed E-state index contributed by atoms with van der Waals surface area (Å²) in [6.45, 7) is 13.3. The first kappa shape index (κ1) is 21.2. The van der Waals surface area contributed by atoms with E-state index in [1.807, 2.05) is 0 Å². The van der Waals surface area contributed by atoms with Crippen molar-refractivity contribution in [3.8, 4) is 0 Å². The van der Waals surface area contributed by atoms with Gasteiger partial charge >= 0.3 is 7.69 Å². The van der Waals surface area contributed by atoms with Crippen molar-refractivity contribution in [1.29, 1.82) is 0 Å². The maximum Gasteiger partial charge on any atom is 0.482 e. The summed E-state index contributed by atoms with van der Waals surface area (Å²) in [4.78, 5) is 0. The van der Waals surface area contributed by atoms with Crippen LogP contribution in [-0.2, 0) is 0 Å². The molecule has 6 rings (SSSR count). The Balaban J connectivity index is 0.000000156. The molecule has 4 nitrogen and oxygen atoms in total. The molecule has 6 aliphatic rings. The molecule has 6 fully saturated rings. The van der Waals surface area contributed by atoms with E-state index in [-0.39, 0.29) is 29.7 Å². The first-order valence-electron chi connectivity index (χ1n) is 9.93. The van der Waals surface area contributed by atoms with Crippen LogP contribution in [0.1, 0.15) is 80.1 Å². The monoisotopic (exact) mass is 353 g/mol. The van der Waals surface area contributed by atoms with Crippen molar-refractivity contribution in [3.05, 3.63) is 0 Å². The SMILES string of the molecule is CC1CCC2CC1(O)C2(C)C.CC1CCC2CC1(O)C2(C)C.O[B]O. The van der Waals surface area contributed by atoms with Crippen LogP contribution in [0, 0.1) is 34.5 Å². The van der Waals surface area contributed by atoms with Gasteiger partial charge in [-0.05, 0) is 73.0 Å². The van der Waals surface area contributed by atoms with Crippen LogP contribution in [0.4, 0.5) is 0 Å². The summed E-state index contributed by atoms with van der Waals surface area (Å²) in [5.74, 6) is 2.62. The Kier molecular flexibility index (Phi) is 5.78. The van der Waals surface area contributed by atoms with Gasteiger partial charge in [0.2, 0.25) is 0 Å². The van der Waals surface area contributed by atoms with Crippen LogP contribution >= 0.6 is 0 Å². The van der Waals surface area contributed by atoms with Crippen LogP contribution in [0.2, 0.25) is 0 Å². The highest BCUT2D eigenvalue weighted by molar-refractivity contribution is 6.13. The second kappa shape index (κ2) is 6.81. The van der Waals surface area contributed by atoms with Gasteiger partial charge in [-0.3, -0.25) is 0 Å². The van der Waals surface area contributed by atoms with Crippen molar-refractivity contribution in [3.63, 3.8) is 0 Å². The number of aliphatic hydroxyl groups is 2. The summed E-state index contributed by atoms with van der Waals surface area (Å²) in [6.07, 6.45) is 7.23. The van der Waals surface area contributed by atoms with Crippen molar-refractivity contribution < 1.29 is 20.3 Å². The van der Waals surface area contributed by atoms with Crippen LogP contribution in [0.15, 0.2) is 0 Å². The molecule has 25 heavy (non-hydrogen) atoms. The highest BCUT2D eigenvalue weighted by Gasteiger charge is 2.64. The van der Waals surface area contributed by atoms with Crippen LogP contribution < -0.4 is 0 Å². The molecule has 4 N–H and O–H groups in total. The van der Waals surface area contributed by atoms with Gasteiger partial charge in [0.15, 0.2) is 0 Å². The van der Waals surface area contributed by atoms with Crippen molar-refractivity contribution in [2.75, 3.05) is 0 Å². The smallest absolute Gasteiger partial charge is 0.429 e. The number of hydrogen-bond donors (Lipinski definition) is 4. The molecule has 0 aromatic heterocycles. The minimum atomic E-state index is -0.323. The second-order valence-electron chi connectivity index (χ2n) is 10.2. The van der Waals surface area contributed by atoms with Crippen LogP contribution in [-0.4, -0.2) is 39.1 Å². The minimum Gasteiger partial charge on any atom is -0.429 e.